The van der Waals surface area contributed by atoms with Crippen LogP contribution in [0.25, 0.3) is 22.3 Å². The van der Waals surface area contributed by atoms with Gasteiger partial charge in [0.15, 0.2) is 0 Å². The van der Waals surface area contributed by atoms with Gasteiger partial charge in [0.2, 0.25) is 0 Å². The van der Waals surface area contributed by atoms with E-state index in [4.69, 9.17) is 0 Å². The number of rotatable bonds is 4. The Bertz CT molecular complexity index is 1380. The van der Waals surface area contributed by atoms with Gasteiger partial charge in [-0.25, -0.2) is 19.2 Å². The van der Waals surface area contributed by atoms with Crippen molar-refractivity contribution in [3.8, 4) is 17.0 Å². The molecule has 0 aliphatic carbocycles. The molecule has 1 aliphatic heterocycles. The van der Waals surface area contributed by atoms with Gasteiger partial charge < -0.3 is 24.8 Å². The lowest BCUT2D eigenvalue weighted by Crippen LogP contribution is -2.50. The van der Waals surface area contributed by atoms with Gasteiger partial charge in [-0.05, 0) is 42.5 Å². The highest BCUT2D eigenvalue weighted by molar-refractivity contribution is 5.92. The highest BCUT2D eigenvalue weighted by atomic mass is 19.4. The van der Waals surface area contributed by atoms with E-state index < -0.39 is 6.36 Å². The van der Waals surface area contributed by atoms with E-state index in [1.54, 1.807) is 23.1 Å². The first kappa shape index (κ1) is 23.4. The molecule has 2 aromatic carbocycles. The van der Waals surface area contributed by atoms with Crippen LogP contribution < -0.4 is 15.0 Å². The van der Waals surface area contributed by atoms with Crippen LogP contribution in [0.2, 0.25) is 0 Å². The van der Waals surface area contributed by atoms with Crippen molar-refractivity contribution < 1.29 is 27.1 Å². The molecule has 0 unspecified atom stereocenters. The number of aromatic amines is 1. The number of hydrogen-bond donors (Lipinski definition) is 2. The lowest BCUT2D eigenvalue weighted by molar-refractivity contribution is -0.274. The molecule has 2 amide bonds. The molecule has 1 saturated heterocycles. The average Bonchev–Trinajstić information content (AvgIpc) is 3.29. The standard InChI is InChI=1S/C24H20F4N6O2/c25-19-4-2-1-3-17(19)20-13-18-21(32-20)29-14-30-22(18)33-9-11-34(12-10-33)23(35)31-15-5-7-16(8-6-15)36-24(26,27)28/h1-8,13-14H,9-12H2,(H,31,35)(H,29,30,32). The summed E-state index contributed by atoms with van der Waals surface area (Å²) in [5, 5.41) is 3.42. The Morgan fingerprint density at radius 2 is 1.72 bits per heavy atom. The Hall–Kier alpha value is -4.35. The van der Waals surface area contributed by atoms with Crippen LogP contribution in [0.3, 0.4) is 0 Å². The zero-order chi connectivity index (χ0) is 25.3. The number of piperazine rings is 1. The van der Waals surface area contributed by atoms with Crippen LogP contribution in [-0.4, -0.2) is 58.4 Å². The number of urea groups is 1. The van der Waals surface area contributed by atoms with Crippen molar-refractivity contribution in [1.29, 1.82) is 0 Å². The monoisotopic (exact) mass is 500 g/mol. The normalized spacial score (nSPS) is 14.2. The van der Waals surface area contributed by atoms with Crippen molar-refractivity contribution in [2.45, 2.75) is 6.36 Å². The Balaban J connectivity index is 1.24. The summed E-state index contributed by atoms with van der Waals surface area (Å²) in [5.74, 6) is -0.0342. The van der Waals surface area contributed by atoms with Gasteiger partial charge in [-0.15, -0.1) is 13.2 Å². The molecule has 2 aromatic heterocycles. The van der Waals surface area contributed by atoms with Crippen LogP contribution in [0.4, 0.5) is 33.9 Å². The SMILES string of the molecule is O=C(Nc1ccc(OC(F)(F)F)cc1)N1CCN(c2ncnc3[nH]c(-c4ccccc4F)cc23)CC1. The maximum Gasteiger partial charge on any atom is 0.573 e. The second kappa shape index (κ2) is 9.36. The van der Waals surface area contributed by atoms with E-state index in [0.717, 1.165) is 17.5 Å². The molecule has 1 aliphatic rings. The van der Waals surface area contributed by atoms with E-state index in [-0.39, 0.29) is 17.6 Å². The highest BCUT2D eigenvalue weighted by Gasteiger charge is 2.31. The number of alkyl halides is 3. The summed E-state index contributed by atoms with van der Waals surface area (Å²) < 4.78 is 55.0. The number of benzene rings is 2. The van der Waals surface area contributed by atoms with Crippen LogP contribution in [0.15, 0.2) is 60.9 Å². The van der Waals surface area contributed by atoms with E-state index in [9.17, 15) is 22.4 Å². The molecule has 3 heterocycles. The van der Waals surface area contributed by atoms with Gasteiger partial charge in [-0.2, -0.15) is 0 Å². The molecule has 0 radical (unpaired) electrons. The van der Waals surface area contributed by atoms with Crippen molar-refractivity contribution in [3.63, 3.8) is 0 Å². The lowest BCUT2D eigenvalue weighted by atomic mass is 10.1. The molecule has 36 heavy (non-hydrogen) atoms. The summed E-state index contributed by atoms with van der Waals surface area (Å²) in [6, 6.07) is 12.8. The number of nitrogens with zero attached hydrogens (tertiary/aromatic N) is 4. The zero-order valence-electron chi connectivity index (χ0n) is 18.7. The average molecular weight is 500 g/mol. The summed E-state index contributed by atoms with van der Waals surface area (Å²) in [5.41, 5.74) is 1.95. The van der Waals surface area contributed by atoms with Crippen LogP contribution in [0.1, 0.15) is 0 Å². The summed E-state index contributed by atoms with van der Waals surface area (Å²) in [7, 11) is 0. The minimum atomic E-state index is -4.78. The molecule has 0 spiro atoms. The third-order valence-electron chi connectivity index (χ3n) is 5.77. The second-order valence-electron chi connectivity index (χ2n) is 8.10. The third kappa shape index (κ3) is 5.02. The maximum absolute atomic E-state index is 14.3. The van der Waals surface area contributed by atoms with E-state index in [1.165, 1.54) is 24.5 Å². The van der Waals surface area contributed by atoms with Gasteiger partial charge in [-0.1, -0.05) is 12.1 Å². The fourth-order valence-corrected chi connectivity index (χ4v) is 4.07. The number of ether oxygens (including phenoxy) is 1. The van der Waals surface area contributed by atoms with Gasteiger partial charge in [0.25, 0.3) is 0 Å². The Morgan fingerprint density at radius 1 is 1.00 bits per heavy atom. The van der Waals surface area contributed by atoms with E-state index in [0.29, 0.717) is 54.6 Å². The first-order chi connectivity index (χ1) is 17.3. The Labute approximate surface area is 202 Å². The Kier molecular flexibility index (Phi) is 6.08. The van der Waals surface area contributed by atoms with Crippen LogP contribution in [0.5, 0.6) is 5.75 Å². The van der Waals surface area contributed by atoms with Crippen molar-refractivity contribution in [1.82, 2.24) is 19.9 Å². The predicted octanol–water partition coefficient (Wildman–Crippen LogP) is 5.02. The molecule has 8 nitrogen and oxygen atoms in total. The molecule has 12 heteroatoms. The summed E-state index contributed by atoms with van der Waals surface area (Å²) >= 11 is 0. The fraction of sp³-hybridized carbons (Fsp3) is 0.208. The molecule has 186 valence electrons. The van der Waals surface area contributed by atoms with E-state index >= 15 is 0 Å². The fourth-order valence-electron chi connectivity index (χ4n) is 4.07. The van der Waals surface area contributed by atoms with Crippen LogP contribution in [0, 0.1) is 5.82 Å². The second-order valence-corrected chi connectivity index (χ2v) is 8.10. The third-order valence-corrected chi connectivity index (χ3v) is 5.77. The number of halogens is 4. The number of carbonyl (C=O) groups is 1. The number of anilines is 2. The number of H-pyrrole nitrogens is 1. The van der Waals surface area contributed by atoms with Gasteiger partial charge in [-0.3, -0.25) is 0 Å². The Morgan fingerprint density at radius 3 is 2.42 bits per heavy atom. The van der Waals surface area contributed by atoms with Crippen LogP contribution in [-0.2, 0) is 0 Å². The highest BCUT2D eigenvalue weighted by Crippen LogP contribution is 2.30. The van der Waals surface area contributed by atoms with Gasteiger partial charge in [0.1, 0.15) is 29.4 Å². The smallest absolute Gasteiger partial charge is 0.406 e. The van der Waals surface area contributed by atoms with Crippen LogP contribution >= 0.6 is 0 Å². The molecule has 0 atom stereocenters. The number of amides is 2. The molecule has 4 aromatic rings. The van der Waals surface area contributed by atoms with Crippen molar-refractivity contribution in [2.75, 3.05) is 36.4 Å². The van der Waals surface area contributed by atoms with Crippen molar-refractivity contribution in [3.05, 3.63) is 66.7 Å². The number of carbonyl (C=O) groups excluding carboxylic acids is 1. The lowest BCUT2D eigenvalue weighted by Gasteiger charge is -2.35. The van der Waals surface area contributed by atoms with Gasteiger partial charge >= 0.3 is 12.4 Å². The van der Waals surface area contributed by atoms with Gasteiger partial charge in [0, 0.05) is 37.4 Å². The van der Waals surface area contributed by atoms with Crippen molar-refractivity contribution >= 4 is 28.6 Å². The molecule has 5 rings (SSSR count). The van der Waals surface area contributed by atoms with E-state index in [2.05, 4.69) is 25.0 Å². The minimum absolute atomic E-state index is 0.347. The largest absolute Gasteiger partial charge is 0.573 e. The first-order valence-corrected chi connectivity index (χ1v) is 11.0. The molecule has 0 bridgehead atoms. The van der Waals surface area contributed by atoms with Crippen molar-refractivity contribution in [2.24, 2.45) is 0 Å². The topological polar surface area (TPSA) is 86.4 Å². The first-order valence-electron chi connectivity index (χ1n) is 11.0. The quantitative estimate of drug-likeness (QED) is 0.385. The molecular weight excluding hydrogens is 480 g/mol. The van der Waals surface area contributed by atoms with Gasteiger partial charge in [0.05, 0.1) is 11.1 Å². The summed E-state index contributed by atoms with van der Waals surface area (Å²) in [6.07, 6.45) is -3.34. The molecule has 1 fully saturated rings. The predicted molar refractivity (Wildman–Crippen MR) is 125 cm³/mol. The number of aromatic nitrogens is 3. The number of nitrogens with one attached hydrogen (secondary N) is 2. The van der Waals surface area contributed by atoms with E-state index in [1.807, 2.05) is 11.0 Å². The minimum Gasteiger partial charge on any atom is -0.406 e. The zero-order valence-corrected chi connectivity index (χ0v) is 18.7. The summed E-state index contributed by atoms with van der Waals surface area (Å²) in [6.45, 7) is 1.80. The number of hydrogen-bond acceptors (Lipinski definition) is 5. The maximum atomic E-state index is 14.3. The molecule has 2 N–H and O–H groups in total. The molecular formula is C24H20F4N6O2. The summed E-state index contributed by atoms with van der Waals surface area (Å²) in [4.78, 5) is 28.1. The number of fused-ring (bicyclic) bond motifs is 1. The molecule has 0 saturated carbocycles.